The van der Waals surface area contributed by atoms with Gasteiger partial charge in [-0.05, 0) is 73.6 Å². The first-order valence-corrected chi connectivity index (χ1v) is 14.6. The van der Waals surface area contributed by atoms with Crippen LogP contribution in [0.4, 0.5) is 0 Å². The number of hydrogen-bond acceptors (Lipinski definition) is 8. The number of halogens is 2. The Morgan fingerprint density at radius 2 is 0.646 bits per heavy atom. The van der Waals surface area contributed by atoms with Gasteiger partial charge in [0.2, 0.25) is 0 Å². The summed E-state index contributed by atoms with van der Waals surface area (Å²) >= 11 is 9.53. The standard InChI is InChI=1S/2C9H10BN6.2C3H3N2.CH2Cl2.O.2Ru/c2*1-4-11-14(7-1)10(15-8-2-5-12-15)16-9-3-6-13-16;2*1-2-4-5-3-1;2-1-3;;;/h2*1-10H;2*1-3H;1H2;;;/q4*-1;;-2;2*+3. The van der Waals surface area contributed by atoms with Crippen LogP contribution in [0.3, 0.4) is 0 Å². The molecule has 2 radical (unpaired) electrons. The predicted octanol–water partition coefficient (Wildman–Crippen LogP) is 1.25. The van der Waals surface area contributed by atoms with Crippen LogP contribution < -0.4 is 10.2 Å². The van der Waals surface area contributed by atoms with Crippen molar-refractivity contribution in [2.24, 2.45) is 0 Å². The zero-order valence-corrected chi connectivity index (χ0v) is 30.0. The third-order valence-corrected chi connectivity index (χ3v) is 5.84. The molecule has 0 unspecified atom stereocenters. The molecule has 8 rings (SSSR count). The van der Waals surface area contributed by atoms with Gasteiger partial charge in [0.25, 0.3) is 0 Å². The molecule has 48 heavy (non-hydrogen) atoms. The minimum absolute atomic E-state index is 0. The van der Waals surface area contributed by atoms with E-state index in [-0.39, 0.29) is 49.8 Å². The Labute approximate surface area is 311 Å². The van der Waals surface area contributed by atoms with Gasteiger partial charge in [0.15, 0.2) is 0 Å². The smallest absolute Gasteiger partial charge is 2.00 e. The predicted molar refractivity (Wildman–Crippen MR) is 172 cm³/mol. The van der Waals surface area contributed by atoms with Gasteiger partial charge in [0.05, 0.1) is 5.34 Å². The van der Waals surface area contributed by atoms with Gasteiger partial charge >= 0.3 is 53.2 Å². The fourth-order valence-electron chi connectivity index (χ4n) is 4.08. The normalized spacial score (nSPS) is 9.42. The Morgan fingerprint density at radius 3 is 0.750 bits per heavy atom. The first-order valence-electron chi connectivity index (χ1n) is 13.5. The number of rotatable bonds is 6. The van der Waals surface area contributed by atoms with E-state index in [1.54, 1.807) is 74.1 Å². The van der Waals surface area contributed by atoms with Crippen molar-refractivity contribution in [1.29, 1.82) is 0 Å². The second-order valence-electron chi connectivity index (χ2n) is 8.67. The van der Waals surface area contributed by atoms with Gasteiger partial charge in [-0.3, -0.25) is 0 Å². The molecule has 0 aliphatic rings. The topological polar surface area (TPSA) is 189 Å². The van der Waals surface area contributed by atoms with Crippen LogP contribution >= 0.6 is 23.2 Å². The summed E-state index contributed by atoms with van der Waals surface area (Å²) in [5, 5.41) is 39.6. The van der Waals surface area contributed by atoms with Gasteiger partial charge in [0, 0.05) is 49.6 Å². The van der Waals surface area contributed by atoms with Crippen LogP contribution in [0.5, 0.6) is 0 Å². The molecule has 8 aromatic heterocycles. The van der Waals surface area contributed by atoms with E-state index < -0.39 is 14.2 Å². The van der Waals surface area contributed by atoms with E-state index in [4.69, 9.17) is 23.2 Å². The van der Waals surface area contributed by atoms with Crippen LogP contribution in [0, 0.1) is 0 Å². The Kier molecular flexibility index (Phi) is 21.4. The molecule has 0 saturated heterocycles. The number of alkyl halides is 2. The fraction of sp³-hybridized carbons (Fsp3) is 0.0400. The molecular formula is C25H28B2Cl2N16ORu2. The molecule has 0 aromatic carbocycles. The SMILES string of the molecule is ClCCl.[O-2].[Ru+3].[Ru+3].c1cn[n-]c1.c1cn[n-]c1.c1cnn([BH-](n2cccn2)n2cccn2)c1.c1cnn([BH-](n2cccn2)n2cccn2)c1. The molecule has 0 aliphatic heterocycles. The summed E-state index contributed by atoms with van der Waals surface area (Å²) < 4.78 is 11.2. The van der Waals surface area contributed by atoms with E-state index in [0.29, 0.717) is 0 Å². The molecular weight excluding hydrogens is 835 g/mol. The average Bonchev–Trinajstić information content (AvgIpc) is 3.92. The van der Waals surface area contributed by atoms with Crippen molar-refractivity contribution in [3.8, 4) is 0 Å². The molecule has 0 amide bonds. The molecule has 8 aromatic rings. The van der Waals surface area contributed by atoms with Crippen molar-refractivity contribution >= 4 is 37.4 Å². The molecule has 0 fully saturated rings. The zero-order chi connectivity index (χ0) is 31.4. The molecule has 17 nitrogen and oxygen atoms in total. The largest absolute Gasteiger partial charge is 3.00 e. The maximum absolute atomic E-state index is 4.76. The molecule has 0 aliphatic carbocycles. The minimum atomic E-state index is -1.12. The molecule has 0 bridgehead atoms. The summed E-state index contributed by atoms with van der Waals surface area (Å²) in [6.45, 7) is 0. The number of hydrogen-bond donors (Lipinski definition) is 0. The molecule has 8 heterocycles. The molecule has 0 saturated carbocycles. The van der Waals surface area contributed by atoms with Crippen LogP contribution in [0.2, 0.25) is 0 Å². The summed E-state index contributed by atoms with van der Waals surface area (Å²) in [5.74, 6) is 0. The van der Waals surface area contributed by atoms with E-state index >= 15 is 0 Å². The van der Waals surface area contributed by atoms with Crippen molar-refractivity contribution in [1.82, 2.24) is 78.5 Å². The Hall–Kier alpha value is -4.40. The fourth-order valence-corrected chi connectivity index (χ4v) is 4.08. The van der Waals surface area contributed by atoms with Crippen LogP contribution in [-0.4, -0.2) is 87.9 Å². The maximum Gasteiger partial charge on any atom is 3.00 e. The Balaban J connectivity index is 0.000000336. The van der Waals surface area contributed by atoms with Gasteiger partial charge in [0.1, 0.15) is 0 Å². The average molecular weight is 863 g/mol. The summed E-state index contributed by atoms with van der Waals surface area (Å²) in [4.78, 5) is 0. The maximum atomic E-state index is 4.76. The monoisotopic (exact) mass is 864 g/mol. The van der Waals surface area contributed by atoms with Crippen molar-refractivity contribution in [3.63, 3.8) is 0 Å². The third kappa shape index (κ3) is 13.4. The molecule has 250 valence electrons. The van der Waals surface area contributed by atoms with Crippen LogP contribution in [0.15, 0.2) is 148 Å². The summed E-state index contributed by atoms with van der Waals surface area (Å²) in [6, 6.07) is 14.9. The first-order chi connectivity index (χ1) is 22.3. The van der Waals surface area contributed by atoms with E-state index in [2.05, 4.69) is 51.0 Å². The van der Waals surface area contributed by atoms with Crippen LogP contribution in [0.1, 0.15) is 0 Å². The Bertz CT molecular complexity index is 1380. The second-order valence-corrected chi connectivity index (χ2v) is 9.47. The van der Waals surface area contributed by atoms with E-state index in [9.17, 15) is 0 Å². The molecule has 0 spiro atoms. The molecule has 23 heteroatoms. The molecule has 0 atom stereocenters. The van der Waals surface area contributed by atoms with Gasteiger partial charge in [-0.1, -0.05) is 12.1 Å². The van der Waals surface area contributed by atoms with E-state index in [0.717, 1.165) is 0 Å². The Morgan fingerprint density at radius 1 is 0.417 bits per heavy atom. The van der Waals surface area contributed by atoms with E-state index in [1.807, 2.05) is 101 Å². The summed E-state index contributed by atoms with van der Waals surface area (Å²) in [5.41, 5.74) is 0. The molecule has 0 N–H and O–H groups in total. The number of nitrogens with zero attached hydrogens (tertiary/aromatic N) is 16. The zero-order valence-electron chi connectivity index (χ0n) is 25.0. The van der Waals surface area contributed by atoms with Crippen molar-refractivity contribution in [3.05, 3.63) is 148 Å². The summed E-state index contributed by atoms with van der Waals surface area (Å²) in [7, 11) is -2.25. The third-order valence-electron chi connectivity index (χ3n) is 5.84. The van der Waals surface area contributed by atoms with Gasteiger partial charge < -0.3 is 53.4 Å². The number of aromatic nitrogens is 16. The second kappa shape index (κ2) is 24.7. The van der Waals surface area contributed by atoms with Gasteiger partial charge in [-0.2, -0.15) is 12.4 Å². The van der Waals surface area contributed by atoms with E-state index in [1.165, 1.54) is 0 Å². The van der Waals surface area contributed by atoms with Gasteiger partial charge in [-0.15, -0.1) is 23.2 Å². The van der Waals surface area contributed by atoms with Crippen molar-refractivity contribution in [2.45, 2.75) is 0 Å². The minimum Gasteiger partial charge on any atom is -2.00 e. The summed E-state index contributed by atoms with van der Waals surface area (Å²) in [6.07, 6.45) is 28.6. The van der Waals surface area contributed by atoms with Crippen molar-refractivity contribution < 1.29 is 44.4 Å². The van der Waals surface area contributed by atoms with Gasteiger partial charge in [-0.25, -0.2) is 30.6 Å². The van der Waals surface area contributed by atoms with Crippen LogP contribution in [0.25, 0.3) is 0 Å². The van der Waals surface area contributed by atoms with Crippen LogP contribution in [-0.2, 0) is 44.4 Å². The first kappa shape index (κ1) is 41.6. The quantitative estimate of drug-likeness (QED) is 0.174. The van der Waals surface area contributed by atoms with Crippen molar-refractivity contribution in [2.75, 3.05) is 5.34 Å².